The Balaban J connectivity index is 6.25. The van der Waals surface area contributed by atoms with Crippen molar-refractivity contribution in [1.82, 2.24) is 0 Å². The van der Waals surface area contributed by atoms with Crippen LogP contribution < -0.4 is 0 Å². The van der Waals surface area contributed by atoms with Crippen molar-refractivity contribution < 1.29 is 61.7 Å². The summed E-state index contributed by atoms with van der Waals surface area (Å²) in [4.78, 5) is 64.3. The van der Waals surface area contributed by atoms with Crippen molar-refractivity contribution in [1.29, 1.82) is 0 Å². The Morgan fingerprint density at radius 1 is 0.800 bits per heavy atom. The number of methoxy groups -OCH3 is 1. The van der Waals surface area contributed by atoms with Crippen LogP contribution in [0.1, 0.15) is 34.6 Å². The molecule has 0 saturated heterocycles. The van der Waals surface area contributed by atoms with E-state index in [9.17, 15) is 23.7 Å². The molecule has 30 heavy (non-hydrogen) atoms. The lowest BCUT2D eigenvalue weighted by Gasteiger charge is -2.37. The fourth-order valence-corrected chi connectivity index (χ4v) is 2.87. The largest absolute Gasteiger partial charge is 0.472 e. The smallest absolute Gasteiger partial charge is 0.465 e. The molecule has 0 spiro atoms. The Morgan fingerprint density at radius 2 is 1.23 bits per heavy atom. The lowest BCUT2D eigenvalue weighted by Crippen LogP contribution is -2.54. The summed E-state index contributed by atoms with van der Waals surface area (Å²) in [5.74, 6) is -4.11. The van der Waals surface area contributed by atoms with Crippen LogP contribution in [-0.4, -0.2) is 72.0 Å². The lowest BCUT2D eigenvalue weighted by molar-refractivity contribution is -0.224. The van der Waals surface area contributed by atoms with Crippen LogP contribution >= 0.6 is 7.82 Å². The zero-order chi connectivity index (χ0) is 23.6. The normalized spacial score (nSPS) is 16.4. The van der Waals surface area contributed by atoms with Crippen molar-refractivity contribution in [3.8, 4) is 0 Å². The first-order valence-electron chi connectivity index (χ1n) is 8.59. The number of phosphoric acid groups is 1. The van der Waals surface area contributed by atoms with E-state index in [4.69, 9.17) is 33.5 Å². The number of carbonyl (C=O) groups is 4. The fraction of sp³-hybridized carbons (Fsp3) is 0.750. The van der Waals surface area contributed by atoms with Crippen molar-refractivity contribution in [2.45, 2.75) is 59.2 Å². The molecule has 0 aromatic heterocycles. The van der Waals surface area contributed by atoms with E-state index in [1.807, 2.05) is 0 Å². The zero-order valence-electron chi connectivity index (χ0n) is 17.4. The maximum absolute atomic E-state index is 11.7. The molecule has 0 heterocycles. The molecular weight excluding hydrogens is 431 g/mol. The Kier molecular flexibility index (Phi) is 11.7. The average molecular weight is 458 g/mol. The minimum absolute atomic E-state index is 0.283. The van der Waals surface area contributed by atoms with Gasteiger partial charge < -0.3 is 33.5 Å². The highest BCUT2D eigenvalue weighted by atomic mass is 31.2. The summed E-state index contributed by atoms with van der Waals surface area (Å²) >= 11 is 0. The molecule has 0 fully saturated rings. The molecule has 174 valence electrons. The average Bonchev–Trinajstić information content (AvgIpc) is 2.57. The first-order chi connectivity index (χ1) is 13.7. The topological polar surface area (TPSA) is 181 Å². The molecule has 0 bridgehead atoms. The van der Waals surface area contributed by atoms with Crippen molar-refractivity contribution >= 4 is 31.7 Å². The number of ether oxygens (including phenoxy) is 5. The van der Waals surface area contributed by atoms with Gasteiger partial charge in [0.1, 0.15) is 6.10 Å². The summed E-state index contributed by atoms with van der Waals surface area (Å²) < 4.78 is 40.9. The maximum Gasteiger partial charge on any atom is 0.472 e. The van der Waals surface area contributed by atoms with Crippen LogP contribution in [0.15, 0.2) is 0 Å². The van der Waals surface area contributed by atoms with Gasteiger partial charge in [0.25, 0.3) is 0 Å². The third kappa shape index (κ3) is 11.2. The molecule has 0 aliphatic heterocycles. The third-order valence-corrected chi connectivity index (χ3v) is 3.89. The van der Waals surface area contributed by atoms with E-state index in [1.165, 1.54) is 6.92 Å². The van der Waals surface area contributed by atoms with Crippen molar-refractivity contribution in [3.63, 3.8) is 0 Å². The second-order valence-corrected chi connectivity index (χ2v) is 7.39. The minimum Gasteiger partial charge on any atom is -0.465 e. The van der Waals surface area contributed by atoms with E-state index in [0.29, 0.717) is 0 Å². The Bertz CT molecular complexity index is 658. The Morgan fingerprint density at radius 3 is 1.60 bits per heavy atom. The van der Waals surface area contributed by atoms with Gasteiger partial charge in [-0.15, -0.1) is 0 Å². The number of carbonyl (C=O) groups excluding carboxylic acids is 4. The molecule has 5 atom stereocenters. The molecule has 14 heteroatoms. The molecular formula is C16H27O13P. The van der Waals surface area contributed by atoms with E-state index >= 15 is 0 Å². The summed E-state index contributed by atoms with van der Waals surface area (Å²) in [6.07, 6.45) is -6.71. The van der Waals surface area contributed by atoms with Crippen LogP contribution in [-0.2, 0) is 52.0 Å². The molecule has 13 nitrogen and oxygen atoms in total. The lowest BCUT2D eigenvalue weighted by atomic mass is 9.95. The van der Waals surface area contributed by atoms with Crippen LogP contribution in [0.2, 0.25) is 0 Å². The van der Waals surface area contributed by atoms with Gasteiger partial charge in [-0.3, -0.25) is 23.7 Å². The first kappa shape index (κ1) is 27.9. The summed E-state index contributed by atoms with van der Waals surface area (Å²) in [6, 6.07) is 0. The van der Waals surface area contributed by atoms with Crippen molar-refractivity contribution in [2.24, 2.45) is 5.92 Å². The summed E-state index contributed by atoms with van der Waals surface area (Å²) in [5.41, 5.74) is 0. The van der Waals surface area contributed by atoms with E-state index in [0.717, 1.165) is 34.8 Å². The number of hydrogen-bond donors (Lipinski definition) is 2. The molecule has 0 aliphatic carbocycles. The summed E-state index contributed by atoms with van der Waals surface area (Å²) in [7, 11) is -4.16. The first-order valence-corrected chi connectivity index (χ1v) is 10.1. The van der Waals surface area contributed by atoms with Gasteiger partial charge in [-0.05, 0) is 0 Å². The molecule has 0 aromatic rings. The molecule has 2 N–H and O–H groups in total. The molecule has 0 aromatic carbocycles. The third-order valence-electron chi connectivity index (χ3n) is 3.41. The van der Waals surface area contributed by atoms with Crippen LogP contribution in [0.4, 0.5) is 0 Å². The molecule has 5 unspecified atom stereocenters. The monoisotopic (exact) mass is 458 g/mol. The van der Waals surface area contributed by atoms with Gasteiger partial charge in [0.15, 0.2) is 12.2 Å². The van der Waals surface area contributed by atoms with Gasteiger partial charge in [0.2, 0.25) is 6.29 Å². The number of esters is 4. The van der Waals surface area contributed by atoms with Crippen LogP contribution in [0, 0.1) is 5.92 Å². The van der Waals surface area contributed by atoms with Crippen LogP contribution in [0.5, 0.6) is 0 Å². The predicted octanol–water partition coefficient (Wildman–Crippen LogP) is 0.0625. The number of phosphoric ester groups is 1. The minimum atomic E-state index is -5.15. The van der Waals surface area contributed by atoms with Gasteiger partial charge in [-0.25, -0.2) is 4.57 Å². The SMILES string of the molecule is COC(OP(=O)(O)O)C(OC(C)=O)C(OC(C)=O)C(OC(C)=O)C(C)COC(C)=O. The van der Waals surface area contributed by atoms with Crippen molar-refractivity contribution in [3.05, 3.63) is 0 Å². The summed E-state index contributed by atoms with van der Waals surface area (Å²) in [5, 5.41) is 0. The number of rotatable bonds is 12. The summed E-state index contributed by atoms with van der Waals surface area (Å²) in [6.45, 7) is 5.37. The Hall–Kier alpha value is -2.05. The second kappa shape index (κ2) is 12.6. The maximum atomic E-state index is 11.7. The van der Waals surface area contributed by atoms with E-state index in [1.54, 1.807) is 0 Å². The van der Waals surface area contributed by atoms with E-state index in [2.05, 4.69) is 4.52 Å². The standard InChI is InChI=1S/C16H27O13P/c1-8(7-25-9(2)17)13(26-10(3)18)14(27-11(4)19)15(28-12(5)20)16(24-6)29-30(21,22)23/h8,13-16H,7H2,1-6H3,(H2,21,22,23). The van der Waals surface area contributed by atoms with Crippen molar-refractivity contribution in [2.75, 3.05) is 13.7 Å². The second-order valence-electron chi connectivity index (χ2n) is 6.20. The molecule has 0 aliphatic rings. The van der Waals surface area contributed by atoms with Crippen LogP contribution in [0.25, 0.3) is 0 Å². The quantitative estimate of drug-likeness (QED) is 0.173. The van der Waals surface area contributed by atoms with Gasteiger partial charge in [-0.1, -0.05) is 6.92 Å². The highest BCUT2D eigenvalue weighted by Crippen LogP contribution is 2.40. The van der Waals surface area contributed by atoms with Gasteiger partial charge >= 0.3 is 31.7 Å². The van der Waals surface area contributed by atoms with Gasteiger partial charge in [0, 0.05) is 40.7 Å². The molecule has 0 amide bonds. The van der Waals surface area contributed by atoms with E-state index in [-0.39, 0.29) is 6.61 Å². The molecule has 0 saturated carbocycles. The van der Waals surface area contributed by atoms with Crippen LogP contribution in [0.3, 0.4) is 0 Å². The highest BCUT2D eigenvalue weighted by molar-refractivity contribution is 7.46. The zero-order valence-corrected chi connectivity index (χ0v) is 18.3. The molecule has 0 radical (unpaired) electrons. The van der Waals surface area contributed by atoms with Gasteiger partial charge in [-0.2, -0.15) is 0 Å². The number of hydrogen-bond acceptors (Lipinski definition) is 11. The predicted molar refractivity (Wildman–Crippen MR) is 96.4 cm³/mol. The van der Waals surface area contributed by atoms with E-state index < -0.39 is 62.2 Å². The molecule has 0 rings (SSSR count). The van der Waals surface area contributed by atoms with Gasteiger partial charge in [0.05, 0.1) is 6.61 Å². The Labute approximate surface area is 173 Å². The highest BCUT2D eigenvalue weighted by Gasteiger charge is 2.46. The fourth-order valence-electron chi connectivity index (χ4n) is 2.40.